The molecule has 9 nitrogen and oxygen atoms in total. The summed E-state index contributed by atoms with van der Waals surface area (Å²) in [6.07, 6.45) is 107. The van der Waals surface area contributed by atoms with Crippen molar-refractivity contribution in [1.82, 2.24) is 0 Å². The maximum Gasteiger partial charge on any atom is 0.472 e. The number of hydrogen-bond acceptors (Lipinski definition) is 7. The Morgan fingerprint density at radius 3 is 0.790 bits per heavy atom. The molecule has 0 amide bonds. The summed E-state index contributed by atoms with van der Waals surface area (Å²) in [6, 6.07) is 0. The molecule has 100 heavy (non-hydrogen) atoms. The fraction of sp³-hybridized carbons (Fsp3) is 0.933. The van der Waals surface area contributed by atoms with Crippen LogP contribution in [0, 0.1) is 0 Å². The van der Waals surface area contributed by atoms with Gasteiger partial charge in [0.05, 0.1) is 27.7 Å². The van der Waals surface area contributed by atoms with E-state index in [0.717, 1.165) is 44.9 Å². The molecule has 594 valence electrons. The summed E-state index contributed by atoms with van der Waals surface area (Å²) in [5.74, 6) is -0.764. The Bertz CT molecular complexity index is 1730. The molecular formula is C90H177NO8P+. The lowest BCUT2D eigenvalue weighted by Gasteiger charge is -2.24. The third-order valence-corrected chi connectivity index (χ3v) is 22.0. The van der Waals surface area contributed by atoms with Crippen molar-refractivity contribution in [1.29, 1.82) is 0 Å². The number of unbranched alkanes of at least 4 members (excludes halogenated alkanes) is 68. The van der Waals surface area contributed by atoms with Gasteiger partial charge in [-0.05, 0) is 44.9 Å². The van der Waals surface area contributed by atoms with Gasteiger partial charge in [-0.15, -0.1) is 0 Å². The Morgan fingerprint density at radius 2 is 0.540 bits per heavy atom. The number of nitrogens with zero attached hydrogens (tertiary/aromatic N) is 1. The maximum absolute atomic E-state index is 12.9. The Hall–Kier alpha value is -1.51. The Labute approximate surface area is 625 Å². The standard InChI is InChI=1S/C90H176NO8P/c1-6-8-10-12-14-16-18-20-22-24-26-28-30-32-34-36-38-40-42-43-44-45-46-47-49-51-53-55-57-59-61-63-65-67-69-71-73-75-77-79-81-83-90(93)99-88(87-98-100(94,95)97-85-84-91(3,4)5)86-96-89(92)82-80-78-76-74-72-70-68-66-64-62-60-58-56-54-52-50-48-41-39-37-35-33-31-29-27-25-23-21-19-17-15-13-11-9-7-2/h18,20,24,26,88H,6-17,19,21-23,25,27-87H2,1-5H3/p+1/b20-18-,26-24-. The van der Waals surface area contributed by atoms with Gasteiger partial charge in [0.1, 0.15) is 19.8 Å². The number of phosphoric ester groups is 1. The zero-order chi connectivity index (χ0) is 72.5. The monoisotopic (exact) mass is 1430 g/mol. The van der Waals surface area contributed by atoms with Crippen LogP contribution in [0.1, 0.15) is 489 Å². The van der Waals surface area contributed by atoms with Crippen molar-refractivity contribution < 1.29 is 42.1 Å². The highest BCUT2D eigenvalue weighted by atomic mass is 31.2. The minimum Gasteiger partial charge on any atom is -0.462 e. The van der Waals surface area contributed by atoms with Crippen molar-refractivity contribution in [3.05, 3.63) is 24.3 Å². The van der Waals surface area contributed by atoms with Crippen LogP contribution >= 0.6 is 7.82 Å². The van der Waals surface area contributed by atoms with E-state index in [1.54, 1.807) is 0 Å². The van der Waals surface area contributed by atoms with E-state index in [9.17, 15) is 19.0 Å². The van der Waals surface area contributed by atoms with E-state index in [4.69, 9.17) is 18.5 Å². The van der Waals surface area contributed by atoms with Crippen molar-refractivity contribution in [2.24, 2.45) is 0 Å². The number of allylic oxidation sites excluding steroid dienone is 4. The summed E-state index contributed by atoms with van der Waals surface area (Å²) >= 11 is 0. The van der Waals surface area contributed by atoms with Crippen LogP contribution in [-0.2, 0) is 32.7 Å². The molecule has 0 aliphatic carbocycles. The van der Waals surface area contributed by atoms with Gasteiger partial charge in [-0.1, -0.05) is 456 Å². The van der Waals surface area contributed by atoms with E-state index in [-0.39, 0.29) is 25.6 Å². The van der Waals surface area contributed by atoms with Crippen molar-refractivity contribution >= 4 is 19.8 Å². The molecule has 0 rings (SSSR count). The summed E-state index contributed by atoms with van der Waals surface area (Å²) in [7, 11) is 1.51. The second kappa shape index (κ2) is 81.6. The highest BCUT2D eigenvalue weighted by molar-refractivity contribution is 7.47. The van der Waals surface area contributed by atoms with Gasteiger partial charge >= 0.3 is 19.8 Å². The van der Waals surface area contributed by atoms with Crippen molar-refractivity contribution in [2.75, 3.05) is 47.5 Å². The first-order valence-corrected chi connectivity index (χ1v) is 46.6. The number of quaternary nitrogens is 1. The van der Waals surface area contributed by atoms with E-state index in [1.165, 1.54) is 417 Å². The van der Waals surface area contributed by atoms with E-state index >= 15 is 0 Å². The molecule has 0 aliphatic heterocycles. The molecule has 0 aromatic heterocycles. The maximum atomic E-state index is 12.9. The van der Waals surface area contributed by atoms with Crippen LogP contribution in [0.25, 0.3) is 0 Å². The van der Waals surface area contributed by atoms with Gasteiger partial charge in [-0.2, -0.15) is 0 Å². The largest absolute Gasteiger partial charge is 0.472 e. The average molecular weight is 1430 g/mol. The topological polar surface area (TPSA) is 108 Å². The van der Waals surface area contributed by atoms with Crippen LogP contribution in [-0.4, -0.2) is 74.9 Å². The number of likely N-dealkylation sites (N-methyl/N-ethyl adjacent to an activating group) is 1. The first kappa shape index (κ1) is 98.5. The summed E-state index contributed by atoms with van der Waals surface area (Å²) in [4.78, 5) is 36.1. The molecule has 0 saturated heterocycles. The third-order valence-electron chi connectivity index (χ3n) is 21.0. The van der Waals surface area contributed by atoms with E-state index in [2.05, 4.69) is 38.2 Å². The van der Waals surface area contributed by atoms with Crippen LogP contribution in [0.5, 0.6) is 0 Å². The summed E-state index contributed by atoms with van der Waals surface area (Å²) in [5, 5.41) is 0. The molecule has 0 spiro atoms. The first-order chi connectivity index (χ1) is 49.0. The van der Waals surface area contributed by atoms with Gasteiger partial charge in [0.2, 0.25) is 0 Å². The number of ether oxygens (including phenoxy) is 2. The lowest BCUT2D eigenvalue weighted by Crippen LogP contribution is -2.37. The molecule has 0 aliphatic rings. The molecule has 0 fully saturated rings. The van der Waals surface area contributed by atoms with E-state index in [1.807, 2.05) is 21.1 Å². The Morgan fingerprint density at radius 1 is 0.310 bits per heavy atom. The lowest BCUT2D eigenvalue weighted by atomic mass is 10.0. The third kappa shape index (κ3) is 85.4. The number of esters is 2. The van der Waals surface area contributed by atoms with Crippen molar-refractivity contribution in [3.8, 4) is 0 Å². The summed E-state index contributed by atoms with van der Waals surface area (Å²) in [6.45, 7) is 4.53. The average Bonchev–Trinajstić information content (AvgIpc) is 1.30. The predicted molar refractivity (Wildman–Crippen MR) is 437 cm³/mol. The van der Waals surface area contributed by atoms with Crippen LogP contribution in [0.3, 0.4) is 0 Å². The molecule has 10 heteroatoms. The number of rotatable bonds is 86. The number of hydrogen-bond donors (Lipinski definition) is 1. The molecule has 0 saturated carbocycles. The molecular weight excluding hydrogens is 1250 g/mol. The minimum absolute atomic E-state index is 0.0368. The Kier molecular flexibility index (Phi) is 80.3. The predicted octanol–water partition coefficient (Wildman–Crippen LogP) is 30.3. The quantitative estimate of drug-likeness (QED) is 0.0211. The zero-order valence-electron chi connectivity index (χ0n) is 68.2. The molecule has 0 heterocycles. The molecule has 0 aromatic rings. The smallest absolute Gasteiger partial charge is 0.462 e. The zero-order valence-corrected chi connectivity index (χ0v) is 69.1. The number of carbonyl (C=O) groups is 2. The molecule has 2 atom stereocenters. The van der Waals surface area contributed by atoms with Crippen molar-refractivity contribution in [3.63, 3.8) is 0 Å². The van der Waals surface area contributed by atoms with Crippen molar-refractivity contribution in [2.45, 2.75) is 495 Å². The highest BCUT2D eigenvalue weighted by Crippen LogP contribution is 2.43. The van der Waals surface area contributed by atoms with Gasteiger partial charge in [0, 0.05) is 12.8 Å². The molecule has 0 radical (unpaired) electrons. The van der Waals surface area contributed by atoms with Gasteiger partial charge in [0.15, 0.2) is 6.10 Å². The lowest BCUT2D eigenvalue weighted by molar-refractivity contribution is -0.870. The van der Waals surface area contributed by atoms with E-state index < -0.39 is 26.5 Å². The normalized spacial score (nSPS) is 13.0. The van der Waals surface area contributed by atoms with Gasteiger partial charge in [-0.25, -0.2) is 4.57 Å². The molecule has 0 aromatic carbocycles. The van der Waals surface area contributed by atoms with Crippen LogP contribution in [0.4, 0.5) is 0 Å². The number of phosphoric acid groups is 1. The van der Waals surface area contributed by atoms with Gasteiger partial charge < -0.3 is 18.9 Å². The molecule has 2 unspecified atom stereocenters. The number of carbonyl (C=O) groups excluding carboxylic acids is 2. The second-order valence-electron chi connectivity index (χ2n) is 32.4. The van der Waals surface area contributed by atoms with Crippen LogP contribution in [0.2, 0.25) is 0 Å². The van der Waals surface area contributed by atoms with Gasteiger partial charge in [-0.3, -0.25) is 18.6 Å². The van der Waals surface area contributed by atoms with E-state index in [0.29, 0.717) is 17.4 Å². The van der Waals surface area contributed by atoms with Gasteiger partial charge in [0.25, 0.3) is 0 Å². The fourth-order valence-corrected chi connectivity index (χ4v) is 14.9. The SMILES string of the molecule is CCCCCCC/C=C\C/C=C\CCCCCCCCCCCCCCCCCCCCCCCCCCCCCCCC(=O)OC(COC(=O)CCCCCCCCCCCCCCCCCCCCCCCCCCCCCCCCCCCCC)COP(=O)(O)OCC[N+](C)(C)C. The minimum atomic E-state index is -4.39. The fourth-order valence-electron chi connectivity index (χ4n) is 14.1. The summed E-state index contributed by atoms with van der Waals surface area (Å²) < 4.78 is 34.9. The molecule has 0 bridgehead atoms. The Balaban J connectivity index is 3.82. The highest BCUT2D eigenvalue weighted by Gasteiger charge is 2.27. The second-order valence-corrected chi connectivity index (χ2v) is 33.8. The van der Waals surface area contributed by atoms with Crippen LogP contribution < -0.4 is 0 Å². The van der Waals surface area contributed by atoms with Crippen LogP contribution in [0.15, 0.2) is 24.3 Å². The molecule has 1 N–H and O–H groups in total. The summed E-state index contributed by atoms with van der Waals surface area (Å²) in [5.41, 5.74) is 0. The first-order valence-electron chi connectivity index (χ1n) is 45.1.